The minimum Gasteiger partial charge on any atom is -0.381 e. The van der Waals surface area contributed by atoms with Crippen LogP contribution in [0.15, 0.2) is 24.3 Å². The number of carbonyl (C=O) groups excluding carboxylic acids is 1. The molecule has 128 valence electrons. The minimum atomic E-state index is -0.486. The summed E-state index contributed by atoms with van der Waals surface area (Å²) in [6, 6.07) is 8.10. The Bertz CT molecular complexity index is 547. The van der Waals surface area contributed by atoms with Crippen molar-refractivity contribution in [3.8, 4) is 0 Å². The van der Waals surface area contributed by atoms with Gasteiger partial charge in [0.05, 0.1) is 5.41 Å². The van der Waals surface area contributed by atoms with Gasteiger partial charge in [0.2, 0.25) is 5.91 Å². The maximum absolute atomic E-state index is 13.3. The molecule has 23 heavy (non-hydrogen) atoms. The van der Waals surface area contributed by atoms with Crippen LogP contribution in [0.5, 0.6) is 0 Å². The van der Waals surface area contributed by atoms with Crippen molar-refractivity contribution in [1.29, 1.82) is 0 Å². The van der Waals surface area contributed by atoms with E-state index in [1.165, 1.54) is 0 Å². The van der Waals surface area contributed by atoms with Crippen molar-refractivity contribution < 1.29 is 9.53 Å². The predicted molar refractivity (Wildman–Crippen MR) is 94.5 cm³/mol. The van der Waals surface area contributed by atoms with E-state index >= 15 is 0 Å². The molecule has 1 amide bonds. The third kappa shape index (κ3) is 3.82. The maximum atomic E-state index is 13.3. The minimum absolute atomic E-state index is 0. The molecule has 3 rings (SSSR count). The first-order chi connectivity index (χ1) is 10.6. The van der Waals surface area contributed by atoms with E-state index in [-0.39, 0.29) is 18.3 Å². The number of ether oxygens (including phenoxy) is 1. The van der Waals surface area contributed by atoms with Crippen molar-refractivity contribution in [3.63, 3.8) is 0 Å². The fourth-order valence-electron chi connectivity index (χ4n) is 3.55. The van der Waals surface area contributed by atoms with Crippen LogP contribution in [-0.2, 0) is 14.9 Å². The van der Waals surface area contributed by atoms with Crippen molar-refractivity contribution in [2.24, 2.45) is 0 Å². The molecule has 1 atom stereocenters. The second-order valence-corrected chi connectivity index (χ2v) is 6.75. The number of halogens is 2. The highest BCUT2D eigenvalue weighted by Gasteiger charge is 2.44. The van der Waals surface area contributed by atoms with Gasteiger partial charge >= 0.3 is 0 Å². The Morgan fingerprint density at radius 3 is 2.78 bits per heavy atom. The first kappa shape index (κ1) is 18.5. The van der Waals surface area contributed by atoms with E-state index in [1.54, 1.807) is 0 Å². The van der Waals surface area contributed by atoms with Crippen LogP contribution in [0.25, 0.3) is 0 Å². The molecule has 1 aromatic rings. The van der Waals surface area contributed by atoms with Crippen molar-refractivity contribution in [2.75, 3.05) is 32.8 Å². The average molecular weight is 359 g/mol. The van der Waals surface area contributed by atoms with Gasteiger partial charge in [0.1, 0.15) is 0 Å². The number of benzene rings is 1. The van der Waals surface area contributed by atoms with Crippen molar-refractivity contribution in [3.05, 3.63) is 34.9 Å². The van der Waals surface area contributed by atoms with Crippen LogP contribution >= 0.6 is 24.0 Å². The molecular weight excluding hydrogens is 335 g/mol. The summed E-state index contributed by atoms with van der Waals surface area (Å²) < 4.78 is 5.52. The van der Waals surface area contributed by atoms with Gasteiger partial charge < -0.3 is 15.0 Å². The van der Waals surface area contributed by atoms with Crippen LogP contribution in [-0.4, -0.2) is 49.7 Å². The Balaban J connectivity index is 0.00000192. The Kier molecular flexibility index (Phi) is 6.32. The van der Waals surface area contributed by atoms with E-state index in [0.29, 0.717) is 24.3 Å². The lowest BCUT2D eigenvalue weighted by molar-refractivity contribution is -0.142. The number of amides is 1. The largest absolute Gasteiger partial charge is 0.381 e. The summed E-state index contributed by atoms with van der Waals surface area (Å²) in [6.07, 6.45) is 1.45. The zero-order valence-corrected chi connectivity index (χ0v) is 15.0. The zero-order valence-electron chi connectivity index (χ0n) is 13.4. The van der Waals surface area contributed by atoms with Gasteiger partial charge in [-0.15, -0.1) is 12.4 Å². The van der Waals surface area contributed by atoms with Crippen molar-refractivity contribution >= 4 is 29.9 Å². The normalized spacial score (nSPS) is 23.9. The Labute approximate surface area is 148 Å². The summed E-state index contributed by atoms with van der Waals surface area (Å²) in [5.41, 5.74) is 0.541. The maximum Gasteiger partial charge on any atom is 0.233 e. The van der Waals surface area contributed by atoms with Gasteiger partial charge in [0.15, 0.2) is 0 Å². The van der Waals surface area contributed by atoms with Gasteiger partial charge in [-0.25, -0.2) is 0 Å². The summed E-state index contributed by atoms with van der Waals surface area (Å²) in [5, 5.41) is 4.08. The first-order valence-corrected chi connectivity index (χ1v) is 8.36. The lowest BCUT2D eigenvalue weighted by Crippen LogP contribution is -2.57. The molecule has 4 nitrogen and oxygen atoms in total. The van der Waals surface area contributed by atoms with E-state index in [0.717, 1.165) is 38.0 Å². The SMILES string of the molecule is CC1CN(C(=O)C2(c3cccc(Cl)c3)CCOCC2)CCN1.Cl. The third-order valence-corrected chi connectivity index (χ3v) is 5.02. The number of carbonyl (C=O) groups is 1. The van der Waals surface area contributed by atoms with Crippen LogP contribution < -0.4 is 5.32 Å². The Hall–Kier alpha value is -0.810. The topological polar surface area (TPSA) is 41.6 Å². The van der Waals surface area contributed by atoms with Crippen LogP contribution in [0, 0.1) is 0 Å². The molecule has 0 radical (unpaired) electrons. The third-order valence-electron chi connectivity index (χ3n) is 4.79. The molecule has 0 saturated carbocycles. The van der Waals surface area contributed by atoms with E-state index in [9.17, 15) is 4.79 Å². The van der Waals surface area contributed by atoms with Gasteiger partial charge in [-0.1, -0.05) is 23.7 Å². The number of piperazine rings is 1. The van der Waals surface area contributed by atoms with Gasteiger partial charge in [-0.3, -0.25) is 4.79 Å². The Morgan fingerprint density at radius 1 is 1.39 bits per heavy atom. The molecule has 1 N–H and O–H groups in total. The molecule has 2 heterocycles. The summed E-state index contributed by atoms with van der Waals surface area (Å²) in [4.78, 5) is 15.3. The van der Waals surface area contributed by atoms with E-state index < -0.39 is 5.41 Å². The van der Waals surface area contributed by atoms with Gasteiger partial charge in [-0.05, 0) is 37.5 Å². The summed E-state index contributed by atoms with van der Waals surface area (Å²) in [6.45, 7) is 5.76. The quantitative estimate of drug-likeness (QED) is 0.883. The lowest BCUT2D eigenvalue weighted by Gasteiger charge is -2.42. The molecule has 0 bridgehead atoms. The lowest BCUT2D eigenvalue weighted by atomic mass is 9.73. The number of hydrogen-bond acceptors (Lipinski definition) is 3. The number of hydrogen-bond donors (Lipinski definition) is 1. The molecule has 0 aliphatic carbocycles. The monoisotopic (exact) mass is 358 g/mol. The molecule has 2 aliphatic heterocycles. The highest BCUT2D eigenvalue weighted by atomic mass is 35.5. The van der Waals surface area contributed by atoms with Gasteiger partial charge in [0, 0.05) is 43.9 Å². The smallest absolute Gasteiger partial charge is 0.233 e. The van der Waals surface area contributed by atoms with E-state index in [2.05, 4.69) is 12.2 Å². The van der Waals surface area contributed by atoms with Gasteiger partial charge in [-0.2, -0.15) is 0 Å². The molecule has 2 saturated heterocycles. The highest BCUT2D eigenvalue weighted by molar-refractivity contribution is 6.30. The van der Waals surface area contributed by atoms with Crippen molar-refractivity contribution in [1.82, 2.24) is 10.2 Å². The summed E-state index contributed by atoms with van der Waals surface area (Å²) >= 11 is 6.17. The zero-order chi connectivity index (χ0) is 15.6. The van der Waals surface area contributed by atoms with Crippen LogP contribution in [0.3, 0.4) is 0 Å². The molecule has 1 unspecified atom stereocenters. The van der Waals surface area contributed by atoms with Crippen LogP contribution in [0.2, 0.25) is 5.02 Å². The molecule has 6 heteroatoms. The molecule has 1 aromatic carbocycles. The number of rotatable bonds is 2. The fourth-order valence-corrected chi connectivity index (χ4v) is 3.74. The Morgan fingerprint density at radius 2 is 2.13 bits per heavy atom. The second kappa shape index (κ2) is 7.84. The summed E-state index contributed by atoms with van der Waals surface area (Å²) in [7, 11) is 0. The molecule has 2 fully saturated rings. The number of nitrogens with zero attached hydrogens (tertiary/aromatic N) is 1. The average Bonchev–Trinajstić information content (AvgIpc) is 2.55. The number of nitrogens with one attached hydrogen (secondary N) is 1. The van der Waals surface area contributed by atoms with Gasteiger partial charge in [0.25, 0.3) is 0 Å². The van der Waals surface area contributed by atoms with E-state index in [1.807, 2.05) is 29.2 Å². The van der Waals surface area contributed by atoms with E-state index in [4.69, 9.17) is 16.3 Å². The summed E-state index contributed by atoms with van der Waals surface area (Å²) in [5.74, 6) is 0.228. The van der Waals surface area contributed by atoms with Crippen LogP contribution in [0.1, 0.15) is 25.3 Å². The fraction of sp³-hybridized carbons (Fsp3) is 0.588. The molecule has 0 spiro atoms. The predicted octanol–water partition coefficient (Wildman–Crippen LogP) is 2.63. The highest BCUT2D eigenvalue weighted by Crippen LogP contribution is 2.38. The standard InChI is InChI=1S/C17H23ClN2O2.ClH/c1-13-12-20(8-7-19-13)16(21)17(5-9-22-10-6-17)14-3-2-4-15(18)11-14;/h2-4,11,13,19H,5-10,12H2,1H3;1H. The second-order valence-electron chi connectivity index (χ2n) is 6.31. The molecular formula is C17H24Cl2N2O2. The van der Waals surface area contributed by atoms with Crippen molar-refractivity contribution in [2.45, 2.75) is 31.2 Å². The first-order valence-electron chi connectivity index (χ1n) is 7.98. The molecule has 2 aliphatic rings. The molecule has 0 aromatic heterocycles. The van der Waals surface area contributed by atoms with Crippen LogP contribution in [0.4, 0.5) is 0 Å².